The number of benzene rings is 2. The molecule has 2 rings (SSSR count). The molecule has 0 atom stereocenters. The summed E-state index contributed by atoms with van der Waals surface area (Å²) in [5, 5.41) is 3.28. The van der Waals surface area contributed by atoms with E-state index in [-0.39, 0.29) is 5.91 Å². The molecule has 0 aliphatic rings. The summed E-state index contributed by atoms with van der Waals surface area (Å²) in [4.78, 5) is 12.5. The molecule has 0 aliphatic heterocycles. The first-order valence-corrected chi connectivity index (χ1v) is 7.42. The third-order valence-corrected chi connectivity index (χ3v) is 3.93. The van der Waals surface area contributed by atoms with Gasteiger partial charge >= 0.3 is 0 Å². The van der Waals surface area contributed by atoms with E-state index < -0.39 is 0 Å². The molecule has 21 heavy (non-hydrogen) atoms. The number of hydrogen-bond donors (Lipinski definition) is 2. The van der Waals surface area contributed by atoms with Gasteiger partial charge in [-0.25, -0.2) is 0 Å². The van der Waals surface area contributed by atoms with Gasteiger partial charge in [0.2, 0.25) is 0 Å². The van der Waals surface area contributed by atoms with Crippen molar-refractivity contribution in [1.29, 1.82) is 0 Å². The number of amides is 1. The summed E-state index contributed by atoms with van der Waals surface area (Å²) in [7, 11) is 0. The Hall–Kier alpha value is -2.00. The lowest BCUT2D eigenvalue weighted by molar-refractivity contribution is 0.102. The first-order valence-electron chi connectivity index (χ1n) is 7.04. The Morgan fingerprint density at radius 3 is 2.24 bits per heavy atom. The van der Waals surface area contributed by atoms with E-state index in [0.717, 1.165) is 29.7 Å². The Morgan fingerprint density at radius 1 is 1.10 bits per heavy atom. The average molecular weight is 303 g/mol. The van der Waals surface area contributed by atoms with Gasteiger partial charge in [0, 0.05) is 5.69 Å². The number of nitrogen functional groups attached to an aromatic ring is 1. The number of anilines is 2. The van der Waals surface area contributed by atoms with Crippen LogP contribution in [0.2, 0.25) is 5.02 Å². The van der Waals surface area contributed by atoms with Crippen molar-refractivity contribution in [2.75, 3.05) is 11.1 Å². The Bertz CT molecular complexity index is 646. The van der Waals surface area contributed by atoms with E-state index in [2.05, 4.69) is 19.2 Å². The van der Waals surface area contributed by atoms with E-state index in [9.17, 15) is 4.79 Å². The molecule has 2 aromatic rings. The lowest BCUT2D eigenvalue weighted by Crippen LogP contribution is -2.15. The zero-order valence-corrected chi connectivity index (χ0v) is 13.0. The molecule has 0 fully saturated rings. The molecule has 110 valence electrons. The van der Waals surface area contributed by atoms with Crippen LogP contribution in [0.3, 0.4) is 0 Å². The summed E-state index contributed by atoms with van der Waals surface area (Å²) >= 11 is 6.12. The van der Waals surface area contributed by atoms with Crippen LogP contribution in [0.4, 0.5) is 11.4 Å². The number of nitrogens with two attached hydrogens (primary N) is 1. The number of para-hydroxylation sites is 1. The third-order valence-electron chi connectivity index (χ3n) is 3.51. The van der Waals surface area contributed by atoms with E-state index in [4.69, 9.17) is 17.3 Å². The molecule has 0 unspecified atom stereocenters. The maximum absolute atomic E-state index is 12.5. The topological polar surface area (TPSA) is 55.1 Å². The Kier molecular flexibility index (Phi) is 4.86. The highest BCUT2D eigenvalue weighted by Gasteiger charge is 2.15. The molecule has 3 nitrogen and oxygen atoms in total. The van der Waals surface area contributed by atoms with E-state index in [0.29, 0.717) is 16.3 Å². The van der Waals surface area contributed by atoms with Gasteiger partial charge in [-0.2, -0.15) is 0 Å². The molecule has 3 N–H and O–H groups in total. The van der Waals surface area contributed by atoms with Crippen LogP contribution in [0.25, 0.3) is 0 Å². The first-order chi connectivity index (χ1) is 10.1. The second-order valence-corrected chi connectivity index (χ2v) is 5.20. The van der Waals surface area contributed by atoms with Gasteiger partial charge in [-0.3, -0.25) is 4.79 Å². The number of rotatable bonds is 4. The maximum atomic E-state index is 12.5. The predicted octanol–water partition coefficient (Wildman–Crippen LogP) is 4.30. The number of aryl methyl sites for hydroxylation is 2. The molecular weight excluding hydrogens is 284 g/mol. The van der Waals surface area contributed by atoms with Crippen LogP contribution in [-0.4, -0.2) is 5.91 Å². The van der Waals surface area contributed by atoms with Crippen LogP contribution in [-0.2, 0) is 12.8 Å². The second-order valence-electron chi connectivity index (χ2n) is 4.82. The van der Waals surface area contributed by atoms with Crippen molar-refractivity contribution in [3.8, 4) is 0 Å². The van der Waals surface area contributed by atoms with Crippen molar-refractivity contribution in [2.45, 2.75) is 26.7 Å². The smallest absolute Gasteiger partial charge is 0.257 e. The van der Waals surface area contributed by atoms with Crippen molar-refractivity contribution < 1.29 is 4.79 Å². The molecule has 1 amide bonds. The normalized spacial score (nSPS) is 10.4. The van der Waals surface area contributed by atoms with E-state index in [1.165, 1.54) is 0 Å². The molecule has 2 aromatic carbocycles. The number of nitrogens with one attached hydrogen (secondary N) is 1. The Morgan fingerprint density at radius 2 is 1.67 bits per heavy atom. The fourth-order valence-corrected chi connectivity index (χ4v) is 2.52. The predicted molar refractivity (Wildman–Crippen MR) is 89.0 cm³/mol. The van der Waals surface area contributed by atoms with Gasteiger partial charge in [-0.05, 0) is 36.1 Å². The van der Waals surface area contributed by atoms with E-state index in [1.54, 1.807) is 18.2 Å². The fourth-order valence-electron chi connectivity index (χ4n) is 2.31. The molecule has 0 spiro atoms. The zero-order chi connectivity index (χ0) is 15.4. The van der Waals surface area contributed by atoms with Gasteiger partial charge in [0.1, 0.15) is 0 Å². The highest BCUT2D eigenvalue weighted by molar-refractivity contribution is 6.36. The van der Waals surface area contributed by atoms with Crippen LogP contribution in [0.5, 0.6) is 0 Å². The van der Waals surface area contributed by atoms with Crippen molar-refractivity contribution in [2.24, 2.45) is 0 Å². The standard InChI is InChI=1S/C17H19ClN2O/c1-3-11-7-5-8-12(4-2)16(11)20-17(21)13-9-6-10-14(19)15(13)18/h5-10H,3-4,19H2,1-2H3,(H,20,21). The van der Waals surface area contributed by atoms with Crippen LogP contribution in [0.15, 0.2) is 36.4 Å². The number of halogens is 1. The highest BCUT2D eigenvalue weighted by atomic mass is 35.5. The Labute approximate surface area is 130 Å². The summed E-state index contributed by atoms with van der Waals surface area (Å²) in [6.07, 6.45) is 1.71. The van der Waals surface area contributed by atoms with Gasteiger partial charge in [0.25, 0.3) is 5.91 Å². The van der Waals surface area contributed by atoms with Crippen LogP contribution >= 0.6 is 11.6 Å². The first kappa shape index (κ1) is 15.4. The monoisotopic (exact) mass is 302 g/mol. The van der Waals surface area contributed by atoms with Gasteiger partial charge < -0.3 is 11.1 Å². The van der Waals surface area contributed by atoms with Crippen molar-refractivity contribution in [3.63, 3.8) is 0 Å². The molecule has 0 aliphatic carbocycles. The number of hydrogen-bond acceptors (Lipinski definition) is 2. The van der Waals surface area contributed by atoms with Gasteiger partial charge in [-0.1, -0.05) is 49.7 Å². The van der Waals surface area contributed by atoms with Gasteiger partial charge in [0.15, 0.2) is 0 Å². The molecule has 4 heteroatoms. The molecule has 0 saturated heterocycles. The van der Waals surface area contributed by atoms with Gasteiger partial charge in [-0.15, -0.1) is 0 Å². The molecule has 0 heterocycles. The Balaban J connectivity index is 2.38. The minimum Gasteiger partial charge on any atom is -0.398 e. The van der Waals surface area contributed by atoms with Crippen LogP contribution < -0.4 is 11.1 Å². The highest BCUT2D eigenvalue weighted by Crippen LogP contribution is 2.27. The number of carbonyl (C=O) groups is 1. The fraction of sp³-hybridized carbons (Fsp3) is 0.235. The minimum atomic E-state index is -0.233. The average Bonchev–Trinajstić information content (AvgIpc) is 2.50. The molecule has 0 radical (unpaired) electrons. The van der Waals surface area contributed by atoms with Crippen LogP contribution in [0.1, 0.15) is 35.3 Å². The maximum Gasteiger partial charge on any atom is 0.257 e. The molecule has 0 bridgehead atoms. The summed E-state index contributed by atoms with van der Waals surface area (Å²) in [5.74, 6) is -0.233. The number of carbonyl (C=O) groups excluding carboxylic acids is 1. The zero-order valence-electron chi connectivity index (χ0n) is 12.2. The SMILES string of the molecule is CCc1cccc(CC)c1NC(=O)c1cccc(N)c1Cl. The molecule has 0 saturated carbocycles. The van der Waals surface area contributed by atoms with Crippen molar-refractivity contribution in [3.05, 3.63) is 58.1 Å². The van der Waals surface area contributed by atoms with E-state index >= 15 is 0 Å². The third kappa shape index (κ3) is 3.19. The molecule has 0 aromatic heterocycles. The van der Waals surface area contributed by atoms with Crippen LogP contribution in [0, 0.1) is 0 Å². The second kappa shape index (κ2) is 6.64. The van der Waals surface area contributed by atoms with Crippen molar-refractivity contribution in [1.82, 2.24) is 0 Å². The van der Waals surface area contributed by atoms with Crippen molar-refractivity contribution >= 4 is 28.9 Å². The summed E-state index contributed by atoms with van der Waals surface area (Å²) in [6.45, 7) is 4.13. The summed E-state index contributed by atoms with van der Waals surface area (Å²) in [5.41, 5.74) is 9.66. The lowest BCUT2D eigenvalue weighted by atomic mass is 10.0. The minimum absolute atomic E-state index is 0.233. The van der Waals surface area contributed by atoms with Gasteiger partial charge in [0.05, 0.1) is 16.3 Å². The largest absolute Gasteiger partial charge is 0.398 e. The quantitative estimate of drug-likeness (QED) is 0.827. The summed E-state index contributed by atoms with van der Waals surface area (Å²) in [6, 6.07) is 11.1. The molecular formula is C17H19ClN2O. The summed E-state index contributed by atoms with van der Waals surface area (Å²) < 4.78 is 0. The van der Waals surface area contributed by atoms with E-state index in [1.807, 2.05) is 18.2 Å². The lowest BCUT2D eigenvalue weighted by Gasteiger charge is -2.15.